The van der Waals surface area contributed by atoms with Crippen LogP contribution >= 0.6 is 11.6 Å². The van der Waals surface area contributed by atoms with Crippen molar-refractivity contribution in [3.8, 4) is 17.6 Å². The van der Waals surface area contributed by atoms with Crippen molar-refractivity contribution in [2.24, 2.45) is 0 Å². The number of rotatable bonds is 7. The van der Waals surface area contributed by atoms with E-state index in [0.29, 0.717) is 46.6 Å². The number of nitrogens with one attached hydrogen (secondary N) is 2. The molecule has 2 aromatic carbocycles. The molecule has 0 saturated heterocycles. The number of aromatic nitrogens is 2. The minimum Gasteiger partial charge on any atom is -0.495 e. The summed E-state index contributed by atoms with van der Waals surface area (Å²) in [6.45, 7) is 0. The Kier molecular flexibility index (Phi) is 7.60. The highest BCUT2D eigenvalue weighted by Gasteiger charge is 2.10. The summed E-state index contributed by atoms with van der Waals surface area (Å²) < 4.78 is 18.9. The normalized spacial score (nSPS) is 10.3. The number of halogens is 2. The molecule has 1 heterocycles. The lowest BCUT2D eigenvalue weighted by Crippen LogP contribution is -2.17. The van der Waals surface area contributed by atoms with Gasteiger partial charge in [-0.3, -0.25) is 10.0 Å². The van der Waals surface area contributed by atoms with Gasteiger partial charge in [0.05, 0.1) is 23.2 Å². The second-order valence-corrected chi connectivity index (χ2v) is 7.00. The van der Waals surface area contributed by atoms with E-state index in [1.807, 2.05) is 6.07 Å². The van der Waals surface area contributed by atoms with Gasteiger partial charge in [0.2, 0.25) is 5.91 Å². The van der Waals surface area contributed by atoms with Crippen LogP contribution in [0, 0.1) is 17.7 Å². The minimum atomic E-state index is -0.501. The molecule has 0 atom stereocenters. The number of methoxy groups -OCH3 is 1. The molecular formula is C22H20ClFN4O3. The summed E-state index contributed by atoms with van der Waals surface area (Å²) in [5.41, 5.74) is 3.51. The number of amides is 1. The fraction of sp³-hybridized carbons (Fsp3) is 0.227. The van der Waals surface area contributed by atoms with Gasteiger partial charge in [0.1, 0.15) is 23.7 Å². The topological polar surface area (TPSA) is 96.4 Å². The first kappa shape index (κ1) is 22.3. The van der Waals surface area contributed by atoms with Crippen LogP contribution in [-0.2, 0) is 4.79 Å². The van der Waals surface area contributed by atoms with Crippen molar-refractivity contribution in [1.82, 2.24) is 15.4 Å². The lowest BCUT2D eigenvalue weighted by Gasteiger charge is -2.11. The molecule has 3 N–H and O–H groups in total. The molecule has 160 valence electrons. The van der Waals surface area contributed by atoms with E-state index in [9.17, 15) is 9.18 Å². The maximum atomic E-state index is 13.4. The second-order valence-electron chi connectivity index (χ2n) is 6.59. The molecule has 1 amide bonds. The third-order valence-electron chi connectivity index (χ3n) is 4.44. The van der Waals surface area contributed by atoms with Gasteiger partial charge in [-0.1, -0.05) is 23.4 Å². The zero-order chi connectivity index (χ0) is 22.2. The zero-order valence-electron chi connectivity index (χ0n) is 16.7. The SMILES string of the molecule is COc1cc2ncnc(Nc3ccc(F)c(Cl)c3)c2cc1C#CCCCCC(=O)NO. The van der Waals surface area contributed by atoms with Crippen LogP contribution in [0.3, 0.4) is 0 Å². The number of unbranched alkanes of at least 4 members (excludes halogenated alkanes) is 2. The second kappa shape index (κ2) is 10.6. The molecule has 0 aliphatic carbocycles. The molecule has 0 aliphatic rings. The number of fused-ring (bicyclic) bond motifs is 1. The molecular weight excluding hydrogens is 423 g/mol. The van der Waals surface area contributed by atoms with Gasteiger partial charge in [-0.05, 0) is 37.1 Å². The smallest absolute Gasteiger partial charge is 0.243 e. The van der Waals surface area contributed by atoms with E-state index in [2.05, 4.69) is 27.1 Å². The number of carbonyl (C=O) groups is 1. The Morgan fingerprint density at radius 3 is 2.84 bits per heavy atom. The minimum absolute atomic E-state index is 0.00746. The maximum absolute atomic E-state index is 13.4. The van der Waals surface area contributed by atoms with E-state index < -0.39 is 11.7 Å². The number of anilines is 2. The van der Waals surface area contributed by atoms with Gasteiger partial charge in [-0.15, -0.1) is 0 Å². The number of ether oxygens (including phenoxy) is 1. The number of hydrogen-bond donors (Lipinski definition) is 3. The Bertz CT molecular complexity index is 1160. The molecule has 0 aliphatic heterocycles. The van der Waals surface area contributed by atoms with Gasteiger partial charge in [0.25, 0.3) is 0 Å². The van der Waals surface area contributed by atoms with Crippen LogP contribution in [0.1, 0.15) is 31.2 Å². The van der Waals surface area contributed by atoms with Gasteiger partial charge in [-0.25, -0.2) is 19.8 Å². The molecule has 0 spiro atoms. The Balaban J connectivity index is 1.84. The van der Waals surface area contributed by atoms with Crippen molar-refractivity contribution in [1.29, 1.82) is 0 Å². The van der Waals surface area contributed by atoms with E-state index >= 15 is 0 Å². The molecule has 3 aromatic rings. The van der Waals surface area contributed by atoms with Crippen molar-refractivity contribution in [2.75, 3.05) is 12.4 Å². The molecule has 9 heteroatoms. The molecule has 7 nitrogen and oxygen atoms in total. The number of nitrogens with zero attached hydrogens (tertiary/aromatic N) is 2. The summed E-state index contributed by atoms with van der Waals surface area (Å²) in [7, 11) is 1.56. The van der Waals surface area contributed by atoms with E-state index in [1.165, 1.54) is 18.5 Å². The zero-order valence-corrected chi connectivity index (χ0v) is 17.5. The van der Waals surface area contributed by atoms with E-state index in [0.717, 1.165) is 6.42 Å². The van der Waals surface area contributed by atoms with Gasteiger partial charge < -0.3 is 10.1 Å². The molecule has 1 aromatic heterocycles. The standard InChI is InChI=1S/C22H20ClFN4O3/c1-31-20-12-19-16(10-14(20)6-4-2-3-5-7-21(29)28-30)22(26-13-25-19)27-15-8-9-18(24)17(23)11-15/h8-13,30H,2-3,5,7H2,1H3,(H,28,29)(H,25,26,27). The summed E-state index contributed by atoms with van der Waals surface area (Å²) in [6, 6.07) is 7.92. The average Bonchev–Trinajstić information content (AvgIpc) is 2.78. The van der Waals surface area contributed by atoms with Crippen LogP contribution < -0.4 is 15.5 Å². The average molecular weight is 443 g/mol. The first-order valence-corrected chi connectivity index (χ1v) is 9.86. The highest BCUT2D eigenvalue weighted by Crippen LogP contribution is 2.30. The van der Waals surface area contributed by atoms with Gasteiger partial charge >= 0.3 is 0 Å². The predicted molar refractivity (Wildman–Crippen MR) is 116 cm³/mol. The summed E-state index contributed by atoms with van der Waals surface area (Å²) in [5, 5.41) is 12.3. The highest BCUT2D eigenvalue weighted by molar-refractivity contribution is 6.31. The Hall–Kier alpha value is -3.41. The fourth-order valence-electron chi connectivity index (χ4n) is 2.87. The fourth-order valence-corrected chi connectivity index (χ4v) is 3.05. The van der Waals surface area contributed by atoms with Gasteiger partial charge in [0.15, 0.2) is 0 Å². The van der Waals surface area contributed by atoms with Crippen molar-refractivity contribution in [3.05, 3.63) is 53.1 Å². The van der Waals surface area contributed by atoms with Crippen LogP contribution in [0.4, 0.5) is 15.9 Å². The Morgan fingerprint density at radius 2 is 2.10 bits per heavy atom. The van der Waals surface area contributed by atoms with Crippen LogP contribution in [0.5, 0.6) is 5.75 Å². The molecule has 0 radical (unpaired) electrons. The summed E-state index contributed by atoms with van der Waals surface area (Å²) in [4.78, 5) is 19.6. The number of hydrogen-bond acceptors (Lipinski definition) is 6. The van der Waals surface area contributed by atoms with Crippen molar-refractivity contribution in [3.63, 3.8) is 0 Å². The molecule has 31 heavy (non-hydrogen) atoms. The molecule has 0 fully saturated rings. The van der Waals surface area contributed by atoms with Crippen molar-refractivity contribution < 1.29 is 19.1 Å². The molecule has 3 rings (SSSR count). The number of hydroxylamine groups is 1. The van der Waals surface area contributed by atoms with Crippen LogP contribution in [-0.4, -0.2) is 28.2 Å². The maximum Gasteiger partial charge on any atom is 0.243 e. The monoisotopic (exact) mass is 442 g/mol. The van der Waals surface area contributed by atoms with E-state index in [-0.39, 0.29) is 11.4 Å². The van der Waals surface area contributed by atoms with Gasteiger partial charge in [-0.2, -0.15) is 0 Å². The highest BCUT2D eigenvalue weighted by atomic mass is 35.5. The quantitative estimate of drug-likeness (QED) is 0.214. The van der Waals surface area contributed by atoms with Crippen LogP contribution in [0.15, 0.2) is 36.7 Å². The van der Waals surface area contributed by atoms with Gasteiger partial charge in [0, 0.05) is 30.0 Å². The summed E-state index contributed by atoms with van der Waals surface area (Å²) in [5.74, 6) is 6.35. The number of benzene rings is 2. The van der Waals surface area contributed by atoms with E-state index in [1.54, 1.807) is 24.7 Å². The molecule has 0 unspecified atom stereocenters. The van der Waals surface area contributed by atoms with Crippen molar-refractivity contribution in [2.45, 2.75) is 25.7 Å². The lowest BCUT2D eigenvalue weighted by molar-refractivity contribution is -0.129. The first-order valence-electron chi connectivity index (χ1n) is 9.48. The largest absolute Gasteiger partial charge is 0.495 e. The third-order valence-corrected chi connectivity index (χ3v) is 4.73. The predicted octanol–water partition coefficient (Wildman–Crippen LogP) is 4.59. The molecule has 0 saturated carbocycles. The Labute approximate surface area is 183 Å². The van der Waals surface area contributed by atoms with Crippen LogP contribution in [0.25, 0.3) is 10.9 Å². The number of carbonyl (C=O) groups excluding carboxylic acids is 1. The Morgan fingerprint density at radius 1 is 1.26 bits per heavy atom. The summed E-state index contributed by atoms with van der Waals surface area (Å²) in [6.07, 6.45) is 3.60. The van der Waals surface area contributed by atoms with Crippen molar-refractivity contribution >= 4 is 39.9 Å². The lowest BCUT2D eigenvalue weighted by atomic mass is 10.1. The van der Waals surface area contributed by atoms with Crippen LogP contribution in [0.2, 0.25) is 5.02 Å². The third kappa shape index (κ3) is 5.81. The summed E-state index contributed by atoms with van der Waals surface area (Å²) >= 11 is 5.86. The first-order chi connectivity index (χ1) is 15.0. The van der Waals surface area contributed by atoms with E-state index in [4.69, 9.17) is 21.5 Å². The molecule has 0 bridgehead atoms.